The van der Waals surface area contributed by atoms with E-state index in [1.165, 1.54) is 25.6 Å². The van der Waals surface area contributed by atoms with E-state index in [0.29, 0.717) is 22.2 Å². The molecule has 0 aliphatic carbocycles. The second-order valence-electron chi connectivity index (χ2n) is 5.44. The van der Waals surface area contributed by atoms with Gasteiger partial charge in [0.25, 0.3) is 5.91 Å². The maximum absolute atomic E-state index is 12.3. The largest absolute Gasteiger partial charge is 0.493 e. The van der Waals surface area contributed by atoms with Crippen LogP contribution in [0, 0.1) is 0 Å². The van der Waals surface area contributed by atoms with Crippen molar-refractivity contribution in [3.8, 4) is 11.5 Å². The summed E-state index contributed by atoms with van der Waals surface area (Å²) in [5.41, 5.74) is 0.494. The van der Waals surface area contributed by atoms with Gasteiger partial charge in [-0.1, -0.05) is 29.8 Å². The first-order valence-corrected chi connectivity index (χ1v) is 9.09. The second-order valence-corrected chi connectivity index (χ2v) is 6.87. The number of carbonyl (C=O) groups is 2. The second kappa shape index (κ2) is 8.28. The summed E-state index contributed by atoms with van der Waals surface area (Å²) >= 11 is 7.47. The van der Waals surface area contributed by atoms with Crippen LogP contribution in [0.5, 0.6) is 11.5 Å². The molecule has 0 atom stereocenters. The minimum absolute atomic E-state index is 0.275. The van der Waals surface area contributed by atoms with Gasteiger partial charge in [0.2, 0.25) is 0 Å². The van der Waals surface area contributed by atoms with E-state index in [9.17, 15) is 9.59 Å². The van der Waals surface area contributed by atoms with Crippen molar-refractivity contribution in [3.63, 3.8) is 0 Å². The molecule has 0 aliphatic heterocycles. The van der Waals surface area contributed by atoms with Gasteiger partial charge in [0.15, 0.2) is 18.1 Å². The number of methoxy groups -OCH3 is 2. The summed E-state index contributed by atoms with van der Waals surface area (Å²) in [6, 6.07) is 12.3. The van der Waals surface area contributed by atoms with Crippen LogP contribution < -0.4 is 14.8 Å². The van der Waals surface area contributed by atoms with Crippen molar-refractivity contribution in [2.24, 2.45) is 0 Å². The van der Waals surface area contributed by atoms with Gasteiger partial charge in [-0.05, 0) is 18.2 Å². The first-order chi connectivity index (χ1) is 13.0. The lowest BCUT2D eigenvalue weighted by Gasteiger charge is -2.10. The van der Waals surface area contributed by atoms with Crippen LogP contribution in [0.2, 0.25) is 5.02 Å². The molecule has 140 valence electrons. The Morgan fingerprint density at radius 1 is 1.07 bits per heavy atom. The first-order valence-electron chi connectivity index (χ1n) is 7.89. The number of rotatable bonds is 6. The van der Waals surface area contributed by atoms with Crippen LogP contribution in [-0.2, 0) is 9.53 Å². The Balaban J connectivity index is 1.63. The molecule has 0 fully saturated rings. The Kier molecular flexibility index (Phi) is 5.83. The number of carbonyl (C=O) groups excluding carboxylic acids is 2. The molecule has 0 aliphatic rings. The molecule has 8 heteroatoms. The molecule has 6 nitrogen and oxygen atoms in total. The number of amides is 1. The Labute approximate surface area is 164 Å². The van der Waals surface area contributed by atoms with Crippen LogP contribution in [0.25, 0.3) is 10.1 Å². The van der Waals surface area contributed by atoms with Crippen molar-refractivity contribution in [1.82, 2.24) is 0 Å². The fraction of sp³-hybridized carbons (Fsp3) is 0.158. The molecule has 1 heterocycles. The minimum atomic E-state index is -0.635. The SMILES string of the molecule is COc1ccc(NC(=O)COC(=O)c2sc3ccccc3c2Cl)cc1OC. The van der Waals surface area contributed by atoms with E-state index in [-0.39, 0.29) is 4.88 Å². The van der Waals surface area contributed by atoms with Gasteiger partial charge in [-0.3, -0.25) is 4.79 Å². The molecular weight excluding hydrogens is 390 g/mol. The summed E-state index contributed by atoms with van der Waals surface area (Å²) in [6.45, 7) is -0.433. The summed E-state index contributed by atoms with van der Waals surface area (Å²) in [5, 5.41) is 3.75. The fourth-order valence-corrected chi connectivity index (χ4v) is 3.86. The summed E-state index contributed by atoms with van der Waals surface area (Å²) in [4.78, 5) is 24.6. The maximum atomic E-state index is 12.3. The summed E-state index contributed by atoms with van der Waals surface area (Å²) in [5.74, 6) is -0.0952. The van der Waals surface area contributed by atoms with Crippen molar-refractivity contribution in [3.05, 3.63) is 52.4 Å². The number of benzene rings is 2. The number of thiophene rings is 1. The number of nitrogens with one attached hydrogen (secondary N) is 1. The molecular formula is C19H16ClNO5S. The molecule has 0 bridgehead atoms. The van der Waals surface area contributed by atoms with Gasteiger partial charge in [0, 0.05) is 21.8 Å². The Bertz CT molecular complexity index is 1000. The highest BCUT2D eigenvalue weighted by molar-refractivity contribution is 7.21. The summed E-state index contributed by atoms with van der Waals surface area (Å²) < 4.78 is 16.3. The third-order valence-electron chi connectivity index (χ3n) is 3.72. The lowest BCUT2D eigenvalue weighted by molar-refractivity contribution is -0.119. The predicted molar refractivity (Wildman–Crippen MR) is 105 cm³/mol. The van der Waals surface area contributed by atoms with E-state index in [4.69, 9.17) is 25.8 Å². The van der Waals surface area contributed by atoms with E-state index in [0.717, 1.165) is 10.1 Å². The minimum Gasteiger partial charge on any atom is -0.493 e. The van der Waals surface area contributed by atoms with Gasteiger partial charge in [0.1, 0.15) is 4.88 Å². The molecule has 1 N–H and O–H groups in total. The molecule has 0 saturated carbocycles. The highest BCUT2D eigenvalue weighted by Crippen LogP contribution is 2.35. The van der Waals surface area contributed by atoms with Crippen molar-refractivity contribution in [1.29, 1.82) is 0 Å². The smallest absolute Gasteiger partial charge is 0.350 e. The zero-order valence-corrected chi connectivity index (χ0v) is 16.1. The van der Waals surface area contributed by atoms with E-state index in [2.05, 4.69) is 5.32 Å². The van der Waals surface area contributed by atoms with Gasteiger partial charge in [-0.15, -0.1) is 11.3 Å². The van der Waals surface area contributed by atoms with E-state index >= 15 is 0 Å². The van der Waals surface area contributed by atoms with Gasteiger partial charge in [-0.2, -0.15) is 0 Å². The molecule has 1 aromatic heterocycles. The standard InChI is InChI=1S/C19H16ClNO5S/c1-24-13-8-7-11(9-14(13)25-2)21-16(22)10-26-19(23)18-17(20)12-5-3-4-6-15(12)27-18/h3-9H,10H2,1-2H3,(H,21,22). The fourth-order valence-electron chi connectivity index (χ4n) is 2.45. The van der Waals surface area contributed by atoms with Crippen LogP contribution in [0.1, 0.15) is 9.67 Å². The average Bonchev–Trinajstić information content (AvgIpc) is 3.03. The average molecular weight is 406 g/mol. The van der Waals surface area contributed by atoms with Crippen LogP contribution in [0.15, 0.2) is 42.5 Å². The number of fused-ring (bicyclic) bond motifs is 1. The molecule has 0 unspecified atom stereocenters. The summed E-state index contributed by atoms with van der Waals surface area (Å²) in [7, 11) is 3.02. The lowest BCUT2D eigenvalue weighted by Crippen LogP contribution is -2.20. The number of halogens is 1. The number of esters is 1. The quantitative estimate of drug-likeness (QED) is 0.616. The highest BCUT2D eigenvalue weighted by atomic mass is 35.5. The van der Waals surface area contributed by atoms with Crippen molar-refractivity contribution in [2.45, 2.75) is 0 Å². The van der Waals surface area contributed by atoms with Crippen LogP contribution >= 0.6 is 22.9 Å². The predicted octanol–water partition coefficient (Wildman–Crippen LogP) is 4.37. The number of anilines is 1. The Morgan fingerprint density at radius 2 is 1.81 bits per heavy atom. The van der Waals surface area contributed by atoms with Crippen LogP contribution in [0.4, 0.5) is 5.69 Å². The van der Waals surface area contributed by atoms with Gasteiger partial charge in [0.05, 0.1) is 19.2 Å². The lowest BCUT2D eigenvalue weighted by atomic mass is 10.2. The normalized spacial score (nSPS) is 10.5. The number of hydrogen-bond donors (Lipinski definition) is 1. The first kappa shape index (κ1) is 19.0. The summed E-state index contributed by atoms with van der Waals surface area (Å²) in [6.07, 6.45) is 0. The molecule has 0 saturated heterocycles. The topological polar surface area (TPSA) is 73.9 Å². The molecule has 27 heavy (non-hydrogen) atoms. The molecule has 3 rings (SSSR count). The third kappa shape index (κ3) is 4.15. The van der Waals surface area contributed by atoms with Crippen LogP contribution in [-0.4, -0.2) is 32.7 Å². The van der Waals surface area contributed by atoms with Crippen molar-refractivity contribution >= 4 is 50.6 Å². The Hall–Kier alpha value is -2.77. The van der Waals surface area contributed by atoms with E-state index in [1.54, 1.807) is 18.2 Å². The molecule has 3 aromatic rings. The molecule has 2 aromatic carbocycles. The number of ether oxygens (including phenoxy) is 3. The zero-order valence-electron chi connectivity index (χ0n) is 14.6. The van der Waals surface area contributed by atoms with Crippen LogP contribution in [0.3, 0.4) is 0 Å². The van der Waals surface area contributed by atoms with Gasteiger partial charge < -0.3 is 19.5 Å². The van der Waals surface area contributed by atoms with E-state index in [1.807, 2.05) is 24.3 Å². The maximum Gasteiger partial charge on any atom is 0.350 e. The highest BCUT2D eigenvalue weighted by Gasteiger charge is 2.19. The monoisotopic (exact) mass is 405 g/mol. The third-order valence-corrected chi connectivity index (χ3v) is 5.38. The van der Waals surface area contributed by atoms with Gasteiger partial charge in [-0.25, -0.2) is 4.79 Å². The van der Waals surface area contributed by atoms with Gasteiger partial charge >= 0.3 is 5.97 Å². The molecule has 1 amide bonds. The zero-order chi connectivity index (χ0) is 19.4. The Morgan fingerprint density at radius 3 is 2.52 bits per heavy atom. The number of hydrogen-bond acceptors (Lipinski definition) is 6. The molecule has 0 spiro atoms. The van der Waals surface area contributed by atoms with Crippen molar-refractivity contribution < 1.29 is 23.8 Å². The molecule has 0 radical (unpaired) electrons. The van der Waals surface area contributed by atoms with E-state index < -0.39 is 18.5 Å². The van der Waals surface area contributed by atoms with Crippen molar-refractivity contribution in [2.75, 3.05) is 26.1 Å².